The number of aliphatic hydroxyl groups is 1. The van der Waals surface area contributed by atoms with Crippen molar-refractivity contribution in [3.05, 3.63) is 11.6 Å². The van der Waals surface area contributed by atoms with Gasteiger partial charge in [0.05, 0.1) is 6.10 Å². The number of Topliss-reactive ketones (excluding diaryl/α,β-unsaturated/α-hetero) is 1. The Hall–Kier alpha value is -0.700. The van der Waals surface area contributed by atoms with Crippen LogP contribution in [-0.2, 0) is 4.79 Å². The SMILES string of the molecule is CC1CC[C@@]2(C)C(=CC(O)[C@@H]3[C@H]2CC[C@]2(C)C(=O)C(F)C[C@@H]32)C1. The number of rotatable bonds is 0. The van der Waals surface area contributed by atoms with Gasteiger partial charge in [-0.1, -0.05) is 32.4 Å². The van der Waals surface area contributed by atoms with Gasteiger partial charge < -0.3 is 5.11 Å². The Balaban J connectivity index is 1.75. The maximum absolute atomic E-state index is 14.2. The zero-order chi connectivity index (χ0) is 16.6. The molecule has 3 fully saturated rings. The van der Waals surface area contributed by atoms with Crippen molar-refractivity contribution in [2.45, 2.75) is 71.6 Å². The molecule has 0 aromatic rings. The van der Waals surface area contributed by atoms with E-state index >= 15 is 0 Å². The molecule has 3 unspecified atom stereocenters. The Labute approximate surface area is 138 Å². The molecule has 0 bridgehead atoms. The molecule has 0 spiro atoms. The molecule has 0 saturated heterocycles. The summed E-state index contributed by atoms with van der Waals surface area (Å²) in [6, 6.07) is 0. The van der Waals surface area contributed by atoms with Crippen LogP contribution >= 0.6 is 0 Å². The van der Waals surface area contributed by atoms with Gasteiger partial charge in [-0.05, 0) is 67.6 Å². The van der Waals surface area contributed by atoms with Crippen molar-refractivity contribution < 1.29 is 14.3 Å². The summed E-state index contributed by atoms with van der Waals surface area (Å²) in [5, 5.41) is 10.9. The van der Waals surface area contributed by atoms with Crippen LogP contribution in [0.15, 0.2) is 11.6 Å². The molecule has 128 valence electrons. The van der Waals surface area contributed by atoms with E-state index in [1.807, 2.05) is 6.92 Å². The molecule has 4 rings (SSSR count). The maximum atomic E-state index is 14.2. The summed E-state index contributed by atoms with van der Waals surface area (Å²) in [5.41, 5.74) is 1.02. The molecule has 0 radical (unpaired) electrons. The third-order valence-electron chi connectivity index (χ3n) is 8.07. The number of carbonyl (C=O) groups is 1. The minimum atomic E-state index is -1.32. The van der Waals surface area contributed by atoms with Crippen molar-refractivity contribution in [1.82, 2.24) is 0 Å². The van der Waals surface area contributed by atoms with Gasteiger partial charge in [-0.3, -0.25) is 4.79 Å². The highest BCUT2D eigenvalue weighted by atomic mass is 19.1. The van der Waals surface area contributed by atoms with Gasteiger partial charge in [0.15, 0.2) is 12.0 Å². The number of carbonyl (C=O) groups excluding carboxylic acids is 1. The lowest BCUT2D eigenvalue weighted by atomic mass is 9.47. The summed E-state index contributed by atoms with van der Waals surface area (Å²) in [7, 11) is 0. The second kappa shape index (κ2) is 4.91. The molecule has 0 amide bonds. The van der Waals surface area contributed by atoms with Crippen LogP contribution in [-0.4, -0.2) is 23.2 Å². The van der Waals surface area contributed by atoms with E-state index in [9.17, 15) is 14.3 Å². The molecule has 4 aliphatic carbocycles. The molecule has 0 aromatic carbocycles. The van der Waals surface area contributed by atoms with Crippen LogP contribution in [0.25, 0.3) is 0 Å². The van der Waals surface area contributed by atoms with Crippen LogP contribution < -0.4 is 0 Å². The van der Waals surface area contributed by atoms with Gasteiger partial charge in [0, 0.05) is 5.41 Å². The standard InChI is InChI=1S/C20H29FO2/c1-11-4-6-19(2)12(8-11)9-16(22)17-13(19)5-7-20(3)14(17)10-15(21)18(20)23/h9,11,13-17,22H,4-8,10H2,1-3H3/t11?,13-,14+,15?,16?,17-,19+,20+/m1/s1. The molecule has 0 aliphatic heterocycles. The number of hydrogen-bond acceptors (Lipinski definition) is 2. The van der Waals surface area contributed by atoms with Crippen LogP contribution in [0.4, 0.5) is 4.39 Å². The Morgan fingerprint density at radius 2 is 1.87 bits per heavy atom. The molecule has 2 nitrogen and oxygen atoms in total. The van der Waals surface area contributed by atoms with Gasteiger partial charge in [0.1, 0.15) is 0 Å². The van der Waals surface area contributed by atoms with Crippen molar-refractivity contribution in [3.8, 4) is 0 Å². The Morgan fingerprint density at radius 1 is 1.17 bits per heavy atom. The first-order valence-corrected chi connectivity index (χ1v) is 9.35. The van der Waals surface area contributed by atoms with E-state index in [-0.39, 0.29) is 23.0 Å². The van der Waals surface area contributed by atoms with Crippen molar-refractivity contribution >= 4 is 5.78 Å². The largest absolute Gasteiger partial charge is 0.389 e. The van der Waals surface area contributed by atoms with Gasteiger partial charge in [0.25, 0.3) is 0 Å². The summed E-state index contributed by atoms with van der Waals surface area (Å²) in [6.45, 7) is 6.60. The van der Waals surface area contributed by atoms with Crippen LogP contribution in [0.1, 0.15) is 59.3 Å². The summed E-state index contributed by atoms with van der Waals surface area (Å²) in [5.74, 6) is 0.954. The van der Waals surface area contributed by atoms with E-state index < -0.39 is 17.7 Å². The average Bonchev–Trinajstić information content (AvgIpc) is 2.73. The van der Waals surface area contributed by atoms with Crippen LogP contribution in [0, 0.1) is 34.5 Å². The topological polar surface area (TPSA) is 37.3 Å². The molecule has 8 atom stereocenters. The number of hydrogen-bond donors (Lipinski definition) is 1. The van der Waals surface area contributed by atoms with Gasteiger partial charge in [-0.15, -0.1) is 0 Å². The van der Waals surface area contributed by atoms with Crippen molar-refractivity contribution in [2.24, 2.45) is 34.5 Å². The molecule has 4 aliphatic rings. The quantitative estimate of drug-likeness (QED) is 0.683. The molecular formula is C20H29FO2. The van der Waals surface area contributed by atoms with E-state index in [4.69, 9.17) is 0 Å². The summed E-state index contributed by atoms with van der Waals surface area (Å²) < 4.78 is 14.2. The molecular weight excluding hydrogens is 291 g/mol. The van der Waals surface area contributed by atoms with Crippen LogP contribution in [0.3, 0.4) is 0 Å². The number of aliphatic hydroxyl groups excluding tert-OH is 1. The lowest BCUT2D eigenvalue weighted by Gasteiger charge is -2.58. The maximum Gasteiger partial charge on any atom is 0.173 e. The monoisotopic (exact) mass is 320 g/mol. The van der Waals surface area contributed by atoms with Crippen molar-refractivity contribution in [1.29, 1.82) is 0 Å². The molecule has 23 heavy (non-hydrogen) atoms. The fourth-order valence-electron chi connectivity index (χ4n) is 6.59. The Kier molecular flexibility index (Phi) is 3.37. The first-order chi connectivity index (χ1) is 10.8. The molecule has 0 aromatic heterocycles. The predicted molar refractivity (Wildman–Crippen MR) is 87.5 cm³/mol. The normalized spacial score (nSPS) is 55.7. The number of allylic oxidation sites excluding steroid dienone is 1. The number of fused-ring (bicyclic) bond motifs is 5. The van der Waals surface area contributed by atoms with Gasteiger partial charge in [-0.2, -0.15) is 0 Å². The summed E-state index contributed by atoms with van der Waals surface area (Å²) in [6.07, 6.45) is 5.82. The minimum Gasteiger partial charge on any atom is -0.389 e. The second-order valence-corrected chi connectivity index (χ2v) is 9.26. The molecule has 3 saturated carbocycles. The lowest BCUT2D eigenvalue weighted by molar-refractivity contribution is -0.137. The highest BCUT2D eigenvalue weighted by molar-refractivity contribution is 5.91. The van der Waals surface area contributed by atoms with E-state index in [1.165, 1.54) is 18.4 Å². The summed E-state index contributed by atoms with van der Waals surface area (Å²) in [4.78, 5) is 12.4. The fourth-order valence-corrected chi connectivity index (χ4v) is 6.59. The van der Waals surface area contributed by atoms with Gasteiger partial charge in [-0.25, -0.2) is 4.39 Å². The third-order valence-corrected chi connectivity index (χ3v) is 8.07. The van der Waals surface area contributed by atoms with Crippen LogP contribution in [0.2, 0.25) is 0 Å². The predicted octanol–water partition coefficient (Wildman–Crippen LogP) is 4.07. The third kappa shape index (κ3) is 1.98. The lowest BCUT2D eigenvalue weighted by Crippen LogP contribution is -2.54. The molecule has 1 N–H and O–H groups in total. The van der Waals surface area contributed by atoms with E-state index in [0.29, 0.717) is 18.3 Å². The number of alkyl halides is 1. The highest BCUT2D eigenvalue weighted by Gasteiger charge is 2.63. The first kappa shape index (κ1) is 15.8. The van der Waals surface area contributed by atoms with E-state index in [0.717, 1.165) is 19.3 Å². The average molecular weight is 320 g/mol. The van der Waals surface area contributed by atoms with Crippen LogP contribution in [0.5, 0.6) is 0 Å². The fraction of sp³-hybridized carbons (Fsp3) is 0.850. The minimum absolute atomic E-state index is 0.00715. The van der Waals surface area contributed by atoms with E-state index in [1.54, 1.807) is 0 Å². The Morgan fingerprint density at radius 3 is 2.61 bits per heavy atom. The van der Waals surface area contributed by atoms with Gasteiger partial charge in [0.2, 0.25) is 0 Å². The molecule has 0 heterocycles. The number of halogens is 1. The molecule has 3 heteroatoms. The Bertz CT molecular complexity index is 570. The second-order valence-electron chi connectivity index (χ2n) is 9.26. The zero-order valence-corrected chi connectivity index (χ0v) is 14.5. The van der Waals surface area contributed by atoms with Gasteiger partial charge >= 0.3 is 0 Å². The first-order valence-electron chi connectivity index (χ1n) is 9.35. The zero-order valence-electron chi connectivity index (χ0n) is 14.5. The smallest absolute Gasteiger partial charge is 0.173 e. The number of ketones is 1. The van der Waals surface area contributed by atoms with Crippen molar-refractivity contribution in [3.63, 3.8) is 0 Å². The summed E-state index contributed by atoms with van der Waals surface area (Å²) >= 11 is 0. The highest BCUT2D eigenvalue weighted by Crippen LogP contribution is 2.64. The van der Waals surface area contributed by atoms with Crippen molar-refractivity contribution in [2.75, 3.05) is 0 Å². The van der Waals surface area contributed by atoms with E-state index in [2.05, 4.69) is 19.9 Å².